The van der Waals surface area contributed by atoms with Gasteiger partial charge in [0.25, 0.3) is 0 Å². The van der Waals surface area contributed by atoms with E-state index in [0.29, 0.717) is 5.92 Å². The van der Waals surface area contributed by atoms with E-state index in [1.54, 1.807) is 0 Å². The second-order valence-electron chi connectivity index (χ2n) is 5.68. The summed E-state index contributed by atoms with van der Waals surface area (Å²) in [5.41, 5.74) is 1.49. The van der Waals surface area contributed by atoms with Crippen molar-refractivity contribution in [3.8, 4) is 0 Å². The monoisotopic (exact) mass is 270 g/mol. The number of hydrogen-bond acceptors (Lipinski definition) is 3. The summed E-state index contributed by atoms with van der Waals surface area (Å²) < 4.78 is 2.09. The van der Waals surface area contributed by atoms with E-state index < -0.39 is 0 Å². The van der Waals surface area contributed by atoms with E-state index in [1.165, 1.54) is 18.4 Å². The van der Waals surface area contributed by atoms with Crippen molar-refractivity contribution in [1.29, 1.82) is 0 Å². The molecule has 2 aromatic rings. The van der Waals surface area contributed by atoms with Gasteiger partial charge in [-0.1, -0.05) is 30.3 Å². The van der Waals surface area contributed by atoms with Crippen LogP contribution in [0.5, 0.6) is 0 Å². The molecule has 106 valence electrons. The standard InChI is InChI=1S/C16H22N4/c1-13-17-18-16(19(13)2)12-20-10-8-15(9-11-20)14-6-4-3-5-7-14/h3-7,15H,8-12H2,1-2H3. The quantitative estimate of drug-likeness (QED) is 0.859. The van der Waals surface area contributed by atoms with E-state index in [1.807, 2.05) is 14.0 Å². The number of aryl methyl sites for hydroxylation is 1. The maximum atomic E-state index is 4.26. The van der Waals surface area contributed by atoms with Crippen LogP contribution < -0.4 is 0 Å². The Hall–Kier alpha value is -1.68. The summed E-state index contributed by atoms with van der Waals surface area (Å²) in [4.78, 5) is 2.49. The molecule has 4 nitrogen and oxygen atoms in total. The van der Waals surface area contributed by atoms with Gasteiger partial charge in [0.15, 0.2) is 0 Å². The molecule has 0 aliphatic carbocycles. The predicted octanol–water partition coefficient (Wildman–Crippen LogP) is 2.50. The van der Waals surface area contributed by atoms with Gasteiger partial charge >= 0.3 is 0 Å². The molecule has 0 unspecified atom stereocenters. The summed E-state index contributed by atoms with van der Waals surface area (Å²) in [5.74, 6) is 2.77. The van der Waals surface area contributed by atoms with E-state index in [-0.39, 0.29) is 0 Å². The lowest BCUT2D eigenvalue weighted by Crippen LogP contribution is -2.33. The molecule has 1 saturated heterocycles. The van der Waals surface area contributed by atoms with Crippen LogP contribution in [-0.2, 0) is 13.6 Å². The van der Waals surface area contributed by atoms with Crippen molar-refractivity contribution in [2.24, 2.45) is 7.05 Å². The minimum absolute atomic E-state index is 0.716. The summed E-state index contributed by atoms with van der Waals surface area (Å²) in [7, 11) is 2.04. The lowest BCUT2D eigenvalue weighted by atomic mass is 9.89. The SMILES string of the molecule is Cc1nnc(CN2CCC(c3ccccc3)CC2)n1C. The Morgan fingerprint density at radius 2 is 1.80 bits per heavy atom. The minimum Gasteiger partial charge on any atom is -0.317 e. The van der Waals surface area contributed by atoms with E-state index >= 15 is 0 Å². The van der Waals surface area contributed by atoms with Crippen LogP contribution in [0.1, 0.15) is 36.0 Å². The Balaban J connectivity index is 1.58. The molecule has 20 heavy (non-hydrogen) atoms. The topological polar surface area (TPSA) is 34.0 Å². The summed E-state index contributed by atoms with van der Waals surface area (Å²) in [6.45, 7) is 5.20. The number of benzene rings is 1. The molecular weight excluding hydrogens is 248 g/mol. The smallest absolute Gasteiger partial charge is 0.146 e. The fraction of sp³-hybridized carbons (Fsp3) is 0.500. The minimum atomic E-state index is 0.716. The van der Waals surface area contributed by atoms with Crippen LogP contribution in [0.3, 0.4) is 0 Å². The van der Waals surface area contributed by atoms with E-state index in [0.717, 1.165) is 31.3 Å². The summed E-state index contributed by atoms with van der Waals surface area (Å²) in [6, 6.07) is 10.9. The Morgan fingerprint density at radius 3 is 2.40 bits per heavy atom. The van der Waals surface area contributed by atoms with Crippen LogP contribution in [0.15, 0.2) is 30.3 Å². The maximum absolute atomic E-state index is 4.26. The van der Waals surface area contributed by atoms with E-state index in [2.05, 4.69) is 50.0 Å². The van der Waals surface area contributed by atoms with Crippen molar-refractivity contribution < 1.29 is 0 Å². The van der Waals surface area contributed by atoms with Gasteiger partial charge in [0, 0.05) is 7.05 Å². The maximum Gasteiger partial charge on any atom is 0.146 e. The molecule has 1 aromatic carbocycles. The summed E-state index contributed by atoms with van der Waals surface area (Å²) >= 11 is 0. The molecule has 0 atom stereocenters. The van der Waals surface area contributed by atoms with Crippen LogP contribution in [0.4, 0.5) is 0 Å². The highest BCUT2D eigenvalue weighted by Crippen LogP contribution is 2.28. The van der Waals surface area contributed by atoms with Gasteiger partial charge in [0.1, 0.15) is 11.6 Å². The second kappa shape index (κ2) is 5.75. The van der Waals surface area contributed by atoms with Gasteiger partial charge in [0.2, 0.25) is 0 Å². The highest BCUT2D eigenvalue weighted by Gasteiger charge is 2.21. The Labute approximate surface area is 120 Å². The van der Waals surface area contributed by atoms with E-state index in [9.17, 15) is 0 Å². The van der Waals surface area contributed by atoms with Crippen LogP contribution in [-0.4, -0.2) is 32.8 Å². The van der Waals surface area contributed by atoms with Crippen molar-refractivity contribution in [2.45, 2.75) is 32.2 Å². The van der Waals surface area contributed by atoms with Crippen LogP contribution >= 0.6 is 0 Å². The van der Waals surface area contributed by atoms with Crippen LogP contribution in [0, 0.1) is 6.92 Å². The molecule has 0 saturated carbocycles. The average Bonchev–Trinajstić information content (AvgIpc) is 2.81. The second-order valence-corrected chi connectivity index (χ2v) is 5.68. The van der Waals surface area contributed by atoms with Crippen molar-refractivity contribution >= 4 is 0 Å². The molecule has 2 heterocycles. The molecule has 0 spiro atoms. The molecule has 1 aliphatic heterocycles. The first kappa shape index (κ1) is 13.3. The third-order valence-corrected chi connectivity index (χ3v) is 4.41. The third kappa shape index (κ3) is 2.75. The number of hydrogen-bond donors (Lipinski definition) is 0. The van der Waals surface area contributed by atoms with Crippen molar-refractivity contribution in [3.63, 3.8) is 0 Å². The van der Waals surface area contributed by atoms with Crippen molar-refractivity contribution in [3.05, 3.63) is 47.5 Å². The first-order chi connectivity index (χ1) is 9.74. The molecule has 0 bridgehead atoms. The average molecular weight is 270 g/mol. The summed E-state index contributed by atoms with van der Waals surface area (Å²) in [6.07, 6.45) is 2.47. The lowest BCUT2D eigenvalue weighted by Gasteiger charge is -2.31. The molecule has 0 amide bonds. The van der Waals surface area contributed by atoms with Gasteiger partial charge in [-0.3, -0.25) is 4.90 Å². The Kier molecular flexibility index (Phi) is 3.83. The fourth-order valence-corrected chi connectivity index (χ4v) is 2.94. The third-order valence-electron chi connectivity index (χ3n) is 4.41. The normalized spacial score (nSPS) is 17.5. The van der Waals surface area contributed by atoms with E-state index in [4.69, 9.17) is 0 Å². The number of piperidine rings is 1. The fourth-order valence-electron chi connectivity index (χ4n) is 2.94. The van der Waals surface area contributed by atoms with Crippen LogP contribution in [0.25, 0.3) is 0 Å². The number of nitrogens with zero attached hydrogens (tertiary/aromatic N) is 4. The number of likely N-dealkylation sites (tertiary alicyclic amines) is 1. The van der Waals surface area contributed by atoms with Gasteiger partial charge in [0.05, 0.1) is 6.54 Å². The predicted molar refractivity (Wildman–Crippen MR) is 79.4 cm³/mol. The zero-order valence-corrected chi connectivity index (χ0v) is 12.3. The molecular formula is C16H22N4. The molecule has 4 heteroatoms. The molecule has 0 radical (unpaired) electrons. The van der Waals surface area contributed by atoms with Crippen molar-refractivity contribution in [2.75, 3.05) is 13.1 Å². The molecule has 1 aromatic heterocycles. The van der Waals surface area contributed by atoms with Gasteiger partial charge in [-0.25, -0.2) is 0 Å². The van der Waals surface area contributed by atoms with Gasteiger partial charge < -0.3 is 4.57 Å². The van der Waals surface area contributed by atoms with Gasteiger partial charge in [-0.15, -0.1) is 10.2 Å². The highest BCUT2D eigenvalue weighted by molar-refractivity contribution is 5.20. The first-order valence-electron chi connectivity index (χ1n) is 7.36. The highest BCUT2D eigenvalue weighted by atomic mass is 15.3. The zero-order chi connectivity index (χ0) is 13.9. The molecule has 1 aliphatic rings. The number of aromatic nitrogens is 3. The molecule has 0 N–H and O–H groups in total. The van der Waals surface area contributed by atoms with Crippen molar-refractivity contribution in [1.82, 2.24) is 19.7 Å². The van der Waals surface area contributed by atoms with Gasteiger partial charge in [-0.2, -0.15) is 0 Å². The molecule has 3 rings (SSSR count). The largest absolute Gasteiger partial charge is 0.317 e. The zero-order valence-electron chi connectivity index (χ0n) is 12.3. The Morgan fingerprint density at radius 1 is 1.10 bits per heavy atom. The first-order valence-corrected chi connectivity index (χ1v) is 7.36. The van der Waals surface area contributed by atoms with Crippen LogP contribution in [0.2, 0.25) is 0 Å². The molecule has 1 fully saturated rings. The Bertz CT molecular complexity index is 553. The lowest BCUT2D eigenvalue weighted by molar-refractivity contribution is 0.198. The number of rotatable bonds is 3. The van der Waals surface area contributed by atoms with Gasteiger partial charge in [-0.05, 0) is 44.3 Å². The summed E-state index contributed by atoms with van der Waals surface area (Å²) in [5, 5.41) is 8.39.